The predicted octanol–water partition coefficient (Wildman–Crippen LogP) is 4.99. The van der Waals surface area contributed by atoms with E-state index in [1.54, 1.807) is 37.5 Å². The monoisotopic (exact) mass is 515 g/mol. The molecule has 0 N–H and O–H groups in total. The van der Waals surface area contributed by atoms with Crippen LogP contribution in [-0.2, 0) is 9.84 Å². The average molecular weight is 516 g/mol. The molecule has 188 valence electrons. The van der Waals surface area contributed by atoms with Crippen molar-refractivity contribution < 1.29 is 17.6 Å². The Morgan fingerprint density at radius 3 is 2.30 bits per heavy atom. The Balaban J connectivity index is 1.75. The van der Waals surface area contributed by atoms with E-state index >= 15 is 0 Å². The number of aromatic nitrogens is 5. The summed E-state index contributed by atoms with van der Waals surface area (Å²) < 4.78 is 37.5. The van der Waals surface area contributed by atoms with Crippen LogP contribution in [0.5, 0.6) is 6.01 Å². The Morgan fingerprint density at radius 2 is 1.65 bits per heavy atom. The van der Waals surface area contributed by atoms with Gasteiger partial charge in [-0.15, -0.1) is 0 Å². The molecule has 5 aromatic rings. The van der Waals surface area contributed by atoms with Gasteiger partial charge >= 0.3 is 6.01 Å². The van der Waals surface area contributed by atoms with Crippen molar-refractivity contribution in [1.82, 2.24) is 24.5 Å². The van der Waals surface area contributed by atoms with Crippen LogP contribution in [0.4, 0.5) is 0 Å². The first-order chi connectivity index (χ1) is 17.6. The number of benzene rings is 2. The van der Waals surface area contributed by atoms with E-state index in [1.165, 1.54) is 13.4 Å². The highest BCUT2D eigenvalue weighted by Gasteiger charge is 2.22. The quantitative estimate of drug-likeness (QED) is 0.311. The molecule has 0 aliphatic rings. The zero-order valence-electron chi connectivity index (χ0n) is 21.1. The van der Waals surface area contributed by atoms with Crippen LogP contribution in [-0.4, -0.2) is 46.3 Å². The van der Waals surface area contributed by atoms with Crippen LogP contribution < -0.4 is 4.74 Å². The van der Waals surface area contributed by atoms with Gasteiger partial charge in [0.25, 0.3) is 0 Å². The Morgan fingerprint density at radius 1 is 0.919 bits per heavy atom. The molecule has 0 aliphatic carbocycles. The van der Waals surface area contributed by atoms with E-state index in [4.69, 9.17) is 14.1 Å². The maximum atomic E-state index is 12.2. The topological polar surface area (TPSA) is 113 Å². The Kier molecular flexibility index (Phi) is 6.12. The molecule has 0 saturated heterocycles. The molecule has 10 heteroatoms. The first-order valence-corrected chi connectivity index (χ1v) is 13.3. The van der Waals surface area contributed by atoms with Gasteiger partial charge in [-0.25, -0.2) is 28.4 Å². The number of nitrogens with zero attached hydrogens (tertiary/aromatic N) is 5. The van der Waals surface area contributed by atoms with Gasteiger partial charge in [-0.05, 0) is 49.2 Å². The summed E-state index contributed by atoms with van der Waals surface area (Å²) >= 11 is 0. The largest absolute Gasteiger partial charge is 0.467 e. The Labute approximate surface area is 214 Å². The molecular formula is C27H25N5O4S. The summed E-state index contributed by atoms with van der Waals surface area (Å²) in [6, 6.07) is 13.1. The van der Waals surface area contributed by atoms with E-state index in [9.17, 15) is 8.42 Å². The third-order valence-corrected chi connectivity index (χ3v) is 7.03. The zero-order valence-corrected chi connectivity index (χ0v) is 21.9. The van der Waals surface area contributed by atoms with E-state index in [-0.39, 0.29) is 10.9 Å². The van der Waals surface area contributed by atoms with Crippen LogP contribution in [0.25, 0.3) is 39.4 Å². The fraction of sp³-hybridized carbons (Fsp3) is 0.185. The van der Waals surface area contributed by atoms with Crippen LogP contribution >= 0.6 is 0 Å². The molecule has 0 unspecified atom stereocenters. The van der Waals surface area contributed by atoms with Gasteiger partial charge in [0.15, 0.2) is 21.5 Å². The third-order valence-electron chi connectivity index (χ3n) is 5.92. The maximum Gasteiger partial charge on any atom is 0.316 e. The average Bonchev–Trinajstić information content (AvgIpc) is 3.44. The number of imidazole rings is 1. The first kappa shape index (κ1) is 24.4. The van der Waals surface area contributed by atoms with Gasteiger partial charge in [0, 0.05) is 37.3 Å². The first-order valence-electron chi connectivity index (χ1n) is 11.5. The van der Waals surface area contributed by atoms with Crippen molar-refractivity contribution in [3.8, 4) is 45.4 Å². The second-order valence-corrected chi connectivity index (χ2v) is 10.7. The lowest BCUT2D eigenvalue weighted by atomic mass is 9.98. The fourth-order valence-corrected chi connectivity index (χ4v) is 4.89. The van der Waals surface area contributed by atoms with Gasteiger partial charge < -0.3 is 13.7 Å². The highest BCUT2D eigenvalue weighted by molar-refractivity contribution is 7.90. The van der Waals surface area contributed by atoms with Gasteiger partial charge in [-0.2, -0.15) is 0 Å². The number of sulfone groups is 1. The second-order valence-electron chi connectivity index (χ2n) is 8.70. The molecule has 3 aromatic heterocycles. The second kappa shape index (κ2) is 9.29. The molecule has 0 amide bonds. The highest BCUT2D eigenvalue weighted by atomic mass is 32.2. The smallest absolute Gasteiger partial charge is 0.316 e. The van der Waals surface area contributed by atoms with E-state index in [0.717, 1.165) is 33.9 Å². The summed E-state index contributed by atoms with van der Waals surface area (Å²) in [5, 5.41) is 0. The molecule has 2 aromatic carbocycles. The summed E-state index contributed by atoms with van der Waals surface area (Å²) in [5.74, 6) is 1.81. The summed E-state index contributed by atoms with van der Waals surface area (Å²) in [6.45, 7) is 5.66. The fourth-order valence-electron chi connectivity index (χ4n) is 4.23. The summed E-state index contributed by atoms with van der Waals surface area (Å²) in [7, 11) is -1.85. The molecule has 5 rings (SSSR count). The molecule has 0 atom stereocenters. The minimum Gasteiger partial charge on any atom is -0.467 e. The highest BCUT2D eigenvalue weighted by Crippen LogP contribution is 2.38. The van der Waals surface area contributed by atoms with Crippen molar-refractivity contribution >= 4 is 9.84 Å². The molecule has 0 radical (unpaired) electrons. The molecule has 0 aliphatic heterocycles. The predicted molar refractivity (Wildman–Crippen MR) is 139 cm³/mol. The maximum absolute atomic E-state index is 12.2. The standard InChI is InChI=1S/C27H25N5O4S/c1-16-15-32(17(2)30-16)24-10-9-20(19-7-6-8-22(11-19)37(5,33)34)12-23(24)25-26(36-18(3)31-25)21-13-28-27(35-4)29-14-21/h6-15H,1-5H3. The van der Waals surface area contributed by atoms with Crippen molar-refractivity contribution in [2.75, 3.05) is 13.4 Å². The zero-order chi connectivity index (χ0) is 26.3. The Hall–Kier alpha value is -4.31. The molecule has 9 nitrogen and oxygen atoms in total. The SMILES string of the molecule is COc1ncc(-c2oc(C)nc2-c2cc(-c3cccc(S(C)(=O)=O)c3)ccc2-n2cc(C)nc2C)cn1. The molecule has 0 bridgehead atoms. The minimum absolute atomic E-state index is 0.250. The van der Waals surface area contributed by atoms with Gasteiger partial charge in [-0.3, -0.25) is 0 Å². The van der Waals surface area contributed by atoms with Crippen molar-refractivity contribution in [3.63, 3.8) is 0 Å². The van der Waals surface area contributed by atoms with E-state index in [1.807, 2.05) is 48.9 Å². The normalized spacial score (nSPS) is 11.6. The number of methoxy groups -OCH3 is 1. The minimum atomic E-state index is -3.36. The van der Waals surface area contributed by atoms with E-state index < -0.39 is 9.84 Å². The van der Waals surface area contributed by atoms with Gasteiger partial charge in [0.1, 0.15) is 11.5 Å². The van der Waals surface area contributed by atoms with Gasteiger partial charge in [0.05, 0.1) is 29.0 Å². The lowest BCUT2D eigenvalue weighted by Gasteiger charge is -2.14. The van der Waals surface area contributed by atoms with Crippen molar-refractivity contribution in [2.45, 2.75) is 25.7 Å². The van der Waals surface area contributed by atoms with Gasteiger partial charge in [-0.1, -0.05) is 18.2 Å². The van der Waals surface area contributed by atoms with E-state index in [0.29, 0.717) is 22.9 Å². The number of ether oxygens (including phenoxy) is 1. The number of oxazole rings is 1. The van der Waals surface area contributed by atoms with Crippen LogP contribution in [0.15, 0.2) is 70.4 Å². The molecule has 0 spiro atoms. The lowest BCUT2D eigenvalue weighted by molar-refractivity contribution is 0.379. The van der Waals surface area contributed by atoms with Crippen molar-refractivity contribution in [3.05, 3.63) is 78.5 Å². The summed E-state index contributed by atoms with van der Waals surface area (Å²) in [4.78, 5) is 18.0. The molecule has 37 heavy (non-hydrogen) atoms. The number of rotatable bonds is 6. The van der Waals surface area contributed by atoms with E-state index in [2.05, 4.69) is 15.0 Å². The molecule has 0 saturated carbocycles. The molecular weight excluding hydrogens is 490 g/mol. The molecule has 0 fully saturated rings. The van der Waals surface area contributed by atoms with Crippen LogP contribution in [0.1, 0.15) is 17.4 Å². The summed E-state index contributed by atoms with van der Waals surface area (Å²) in [5.41, 5.74) is 5.36. The van der Waals surface area contributed by atoms with Crippen molar-refractivity contribution in [2.24, 2.45) is 0 Å². The number of hydrogen-bond acceptors (Lipinski definition) is 8. The third kappa shape index (κ3) is 4.75. The Bertz CT molecular complexity index is 1720. The molecule has 3 heterocycles. The number of hydrogen-bond donors (Lipinski definition) is 0. The van der Waals surface area contributed by atoms with Crippen LogP contribution in [0.3, 0.4) is 0 Å². The van der Waals surface area contributed by atoms with Crippen LogP contribution in [0, 0.1) is 20.8 Å². The van der Waals surface area contributed by atoms with Crippen molar-refractivity contribution in [1.29, 1.82) is 0 Å². The summed E-state index contributed by atoms with van der Waals surface area (Å²) in [6.07, 6.45) is 6.41. The lowest BCUT2D eigenvalue weighted by Crippen LogP contribution is -2.00. The number of aryl methyl sites for hydroxylation is 3. The van der Waals surface area contributed by atoms with Crippen LogP contribution in [0.2, 0.25) is 0 Å². The van der Waals surface area contributed by atoms with Gasteiger partial charge in [0.2, 0.25) is 0 Å².